The lowest BCUT2D eigenvalue weighted by atomic mass is 10.1. The Morgan fingerprint density at radius 3 is 2.56 bits per heavy atom. The third-order valence-corrected chi connectivity index (χ3v) is 6.29. The molecule has 4 rings (SSSR count). The molecule has 0 atom stereocenters. The molecule has 0 saturated heterocycles. The average molecular weight is 474 g/mol. The number of benzene rings is 2. The number of carbonyl (C=O) groups is 1. The van der Waals surface area contributed by atoms with E-state index in [0.717, 1.165) is 22.6 Å². The third-order valence-electron chi connectivity index (χ3n) is 5.38. The summed E-state index contributed by atoms with van der Waals surface area (Å²) in [6.07, 6.45) is 3.48. The van der Waals surface area contributed by atoms with Gasteiger partial charge in [0.1, 0.15) is 5.75 Å². The molecule has 2 aromatic carbocycles. The van der Waals surface area contributed by atoms with E-state index in [4.69, 9.17) is 4.74 Å². The van der Waals surface area contributed by atoms with E-state index in [2.05, 4.69) is 34.2 Å². The minimum atomic E-state index is 0.0254. The predicted octanol–water partition coefficient (Wildman–Crippen LogP) is 4.79. The van der Waals surface area contributed by atoms with Crippen molar-refractivity contribution in [2.45, 2.75) is 25.5 Å². The second-order valence-corrected chi connectivity index (χ2v) is 8.72. The molecule has 0 unspecified atom stereocenters. The highest BCUT2D eigenvalue weighted by Crippen LogP contribution is 2.29. The van der Waals surface area contributed by atoms with Crippen molar-refractivity contribution < 1.29 is 9.53 Å². The zero-order chi connectivity index (χ0) is 23.9. The molecular weight excluding hydrogens is 446 g/mol. The first-order chi connectivity index (χ1) is 16.6. The minimum Gasteiger partial charge on any atom is -0.494 e. The number of aromatic nitrogens is 4. The van der Waals surface area contributed by atoms with E-state index in [9.17, 15) is 4.79 Å². The van der Waals surface area contributed by atoms with Crippen molar-refractivity contribution in [2.24, 2.45) is 0 Å². The van der Waals surface area contributed by atoms with E-state index in [1.54, 1.807) is 17.3 Å². The highest BCUT2D eigenvalue weighted by molar-refractivity contribution is 7.99. The lowest BCUT2D eigenvalue weighted by Crippen LogP contribution is -2.28. The maximum atomic E-state index is 12.9. The Morgan fingerprint density at radius 2 is 1.85 bits per heavy atom. The van der Waals surface area contributed by atoms with E-state index in [1.807, 2.05) is 67.1 Å². The number of amides is 1. The minimum absolute atomic E-state index is 0.0254. The Kier molecular flexibility index (Phi) is 7.59. The zero-order valence-corrected chi connectivity index (χ0v) is 20.3. The van der Waals surface area contributed by atoms with Crippen LogP contribution in [0.4, 0.5) is 0 Å². The number of nitrogens with zero attached hydrogens (tertiary/aromatic N) is 5. The highest BCUT2D eigenvalue weighted by atomic mass is 32.2. The first-order valence-corrected chi connectivity index (χ1v) is 12.1. The van der Waals surface area contributed by atoms with Crippen molar-refractivity contribution in [1.82, 2.24) is 24.6 Å². The molecule has 0 saturated carbocycles. The number of aryl methyl sites for hydroxylation is 1. The van der Waals surface area contributed by atoms with Gasteiger partial charge in [-0.1, -0.05) is 36.0 Å². The maximum Gasteiger partial charge on any atom is 0.233 e. The van der Waals surface area contributed by atoms with Crippen LogP contribution >= 0.6 is 11.8 Å². The summed E-state index contributed by atoms with van der Waals surface area (Å²) in [4.78, 5) is 18.9. The van der Waals surface area contributed by atoms with Gasteiger partial charge in [0, 0.05) is 37.2 Å². The second-order valence-electron chi connectivity index (χ2n) is 7.78. The molecule has 0 aliphatic rings. The lowest BCUT2D eigenvalue weighted by molar-refractivity contribution is -0.127. The summed E-state index contributed by atoms with van der Waals surface area (Å²) in [5, 5.41) is 9.46. The number of carbonyl (C=O) groups excluding carboxylic acids is 1. The van der Waals surface area contributed by atoms with Crippen molar-refractivity contribution in [2.75, 3.05) is 19.4 Å². The van der Waals surface area contributed by atoms with E-state index in [1.165, 1.54) is 17.3 Å². The fourth-order valence-electron chi connectivity index (χ4n) is 3.50. The van der Waals surface area contributed by atoms with Gasteiger partial charge in [-0.25, -0.2) is 0 Å². The van der Waals surface area contributed by atoms with Gasteiger partial charge in [-0.2, -0.15) is 0 Å². The Balaban J connectivity index is 1.56. The standard InChI is InChI=1S/C26H27N5O2S/c1-4-33-23-13-11-22(12-14-23)31-25(20-10-7-15-27-16-20)28-29-26(31)34-18-24(32)30(3)17-21-9-6-5-8-19(21)2/h5-16H,4,17-18H2,1-3H3. The van der Waals surface area contributed by atoms with Gasteiger partial charge in [0.15, 0.2) is 11.0 Å². The fraction of sp³-hybridized carbons (Fsp3) is 0.231. The SMILES string of the molecule is CCOc1ccc(-n2c(SCC(=O)N(C)Cc3ccccc3C)nnc2-c2cccnc2)cc1. The van der Waals surface area contributed by atoms with Crippen LogP contribution in [0.15, 0.2) is 78.2 Å². The molecule has 0 aliphatic heterocycles. The molecule has 0 aliphatic carbocycles. The summed E-state index contributed by atoms with van der Waals surface area (Å²) in [7, 11) is 1.83. The van der Waals surface area contributed by atoms with Crippen LogP contribution in [0.25, 0.3) is 17.1 Å². The van der Waals surface area contributed by atoms with E-state index >= 15 is 0 Å². The molecule has 0 bridgehead atoms. The first kappa shape index (κ1) is 23.5. The van der Waals surface area contributed by atoms with Crippen LogP contribution in [0.5, 0.6) is 5.75 Å². The molecule has 7 nitrogen and oxygen atoms in total. The van der Waals surface area contributed by atoms with E-state index < -0.39 is 0 Å². The van der Waals surface area contributed by atoms with Crippen molar-refractivity contribution in [1.29, 1.82) is 0 Å². The van der Waals surface area contributed by atoms with Gasteiger partial charge in [-0.15, -0.1) is 10.2 Å². The summed E-state index contributed by atoms with van der Waals surface area (Å²) < 4.78 is 7.53. The maximum absolute atomic E-state index is 12.9. The van der Waals surface area contributed by atoms with Crippen molar-refractivity contribution in [3.63, 3.8) is 0 Å². The predicted molar refractivity (Wildman–Crippen MR) is 134 cm³/mol. The van der Waals surface area contributed by atoms with E-state index in [0.29, 0.717) is 24.1 Å². The smallest absolute Gasteiger partial charge is 0.233 e. The largest absolute Gasteiger partial charge is 0.494 e. The van der Waals surface area contributed by atoms with Gasteiger partial charge in [-0.3, -0.25) is 14.3 Å². The van der Waals surface area contributed by atoms with Crippen molar-refractivity contribution in [3.05, 3.63) is 84.2 Å². The molecule has 0 radical (unpaired) electrons. The zero-order valence-electron chi connectivity index (χ0n) is 19.5. The van der Waals surface area contributed by atoms with Gasteiger partial charge in [-0.05, 0) is 61.4 Å². The third kappa shape index (κ3) is 5.46. The molecule has 8 heteroatoms. The monoisotopic (exact) mass is 473 g/mol. The quantitative estimate of drug-likeness (QED) is 0.326. The van der Waals surface area contributed by atoms with Crippen LogP contribution < -0.4 is 4.74 Å². The van der Waals surface area contributed by atoms with Gasteiger partial charge in [0.2, 0.25) is 5.91 Å². The fourth-order valence-corrected chi connectivity index (χ4v) is 4.40. The van der Waals surface area contributed by atoms with Crippen LogP contribution in [-0.4, -0.2) is 50.0 Å². The van der Waals surface area contributed by atoms with Gasteiger partial charge >= 0.3 is 0 Å². The van der Waals surface area contributed by atoms with Crippen molar-refractivity contribution >= 4 is 17.7 Å². The number of pyridine rings is 1. The molecule has 2 aromatic heterocycles. The Hall–Kier alpha value is -3.65. The molecule has 4 aromatic rings. The Bertz CT molecular complexity index is 1240. The highest BCUT2D eigenvalue weighted by Gasteiger charge is 2.19. The summed E-state index contributed by atoms with van der Waals surface area (Å²) in [6.45, 7) is 5.18. The lowest BCUT2D eigenvalue weighted by Gasteiger charge is -2.18. The second kappa shape index (κ2) is 11.0. The van der Waals surface area contributed by atoms with Crippen LogP contribution in [0, 0.1) is 6.92 Å². The Labute approximate surface area is 203 Å². The van der Waals surface area contributed by atoms with Crippen molar-refractivity contribution in [3.8, 4) is 22.8 Å². The van der Waals surface area contributed by atoms with Crippen LogP contribution in [0.1, 0.15) is 18.1 Å². The number of hydrogen-bond acceptors (Lipinski definition) is 6. The van der Waals surface area contributed by atoms with E-state index in [-0.39, 0.29) is 11.7 Å². The molecule has 0 fully saturated rings. The molecule has 34 heavy (non-hydrogen) atoms. The molecular formula is C26H27N5O2S. The number of rotatable bonds is 9. The van der Waals surface area contributed by atoms with Crippen LogP contribution in [-0.2, 0) is 11.3 Å². The Morgan fingerprint density at radius 1 is 1.06 bits per heavy atom. The average Bonchev–Trinajstić information content (AvgIpc) is 3.29. The molecule has 174 valence electrons. The molecule has 1 amide bonds. The van der Waals surface area contributed by atoms with Crippen LogP contribution in [0.3, 0.4) is 0 Å². The number of hydrogen-bond donors (Lipinski definition) is 0. The van der Waals surface area contributed by atoms with Crippen LogP contribution in [0.2, 0.25) is 0 Å². The molecule has 2 heterocycles. The summed E-state index contributed by atoms with van der Waals surface area (Å²) >= 11 is 1.37. The molecule has 0 spiro atoms. The van der Waals surface area contributed by atoms with Gasteiger partial charge < -0.3 is 9.64 Å². The summed E-state index contributed by atoms with van der Waals surface area (Å²) in [5.41, 5.74) is 4.04. The normalized spacial score (nSPS) is 10.8. The van der Waals surface area contributed by atoms with Gasteiger partial charge in [0.25, 0.3) is 0 Å². The first-order valence-electron chi connectivity index (χ1n) is 11.1. The van der Waals surface area contributed by atoms with Gasteiger partial charge in [0.05, 0.1) is 12.4 Å². The summed E-state index contributed by atoms with van der Waals surface area (Å²) in [5.74, 6) is 1.74. The number of ether oxygens (including phenoxy) is 1. The topological polar surface area (TPSA) is 73.1 Å². The number of thioether (sulfide) groups is 1. The summed E-state index contributed by atoms with van der Waals surface area (Å²) in [6, 6.07) is 19.7. The molecule has 0 N–H and O–H groups in total.